The highest BCUT2D eigenvalue weighted by atomic mass is 35.5. The van der Waals surface area contributed by atoms with Crippen LogP contribution in [0.2, 0.25) is 10.0 Å². The first kappa shape index (κ1) is 13.8. The largest absolute Gasteiger partial charge is 0.310 e. The first-order valence-electron chi connectivity index (χ1n) is 5.72. The Labute approximate surface area is 121 Å². The van der Waals surface area contributed by atoms with Gasteiger partial charge in [0.05, 0.1) is 11.2 Å². The second-order valence-electron chi connectivity index (χ2n) is 4.07. The molecule has 0 spiro atoms. The summed E-state index contributed by atoms with van der Waals surface area (Å²) >= 11 is 13.8. The summed E-state index contributed by atoms with van der Waals surface area (Å²) in [5.41, 5.74) is 4.01. The summed E-state index contributed by atoms with van der Waals surface area (Å²) < 4.78 is 0. The maximum Gasteiger partial charge on any atom is 0.0794 e. The van der Waals surface area contributed by atoms with Gasteiger partial charge >= 0.3 is 0 Å². The number of rotatable bonds is 5. The Bertz CT molecular complexity index is 500. The number of aromatic nitrogens is 1. The van der Waals surface area contributed by atoms with Crippen LogP contribution in [0.4, 0.5) is 0 Å². The number of thiazole rings is 1. The molecule has 96 valence electrons. The lowest BCUT2D eigenvalue weighted by Gasteiger charge is -2.15. The Balaban J connectivity index is 1.91. The molecule has 0 aliphatic heterocycles. The highest BCUT2D eigenvalue weighted by Crippen LogP contribution is 2.26. The van der Waals surface area contributed by atoms with Gasteiger partial charge in [0.2, 0.25) is 0 Å². The Hall–Kier alpha value is -0.610. The zero-order valence-electron chi connectivity index (χ0n) is 9.99. The molecule has 0 radical (unpaired) electrons. The minimum absolute atomic E-state index is 0.176. The third-order valence-corrected chi connectivity index (χ3v) is 3.95. The monoisotopic (exact) mass is 300 g/mol. The molecule has 5 heteroatoms. The Kier molecular flexibility index (Phi) is 5.01. The highest BCUT2D eigenvalue weighted by Gasteiger charge is 2.09. The molecule has 1 atom stereocenters. The summed E-state index contributed by atoms with van der Waals surface area (Å²) in [6.45, 7) is 2.95. The molecular weight excluding hydrogens is 287 g/mol. The van der Waals surface area contributed by atoms with Gasteiger partial charge in [-0.2, -0.15) is 0 Å². The molecule has 0 fully saturated rings. The summed E-state index contributed by atoms with van der Waals surface area (Å²) in [6.07, 6.45) is 0.923. The van der Waals surface area contributed by atoms with E-state index in [0.717, 1.165) is 29.2 Å². The first-order chi connectivity index (χ1) is 8.66. The van der Waals surface area contributed by atoms with Crippen LogP contribution in [0.15, 0.2) is 29.1 Å². The smallest absolute Gasteiger partial charge is 0.0794 e. The summed E-state index contributed by atoms with van der Waals surface area (Å²) in [6, 6.07) is 5.72. The van der Waals surface area contributed by atoms with Gasteiger partial charge in [0.1, 0.15) is 0 Å². The van der Waals surface area contributed by atoms with Crippen LogP contribution >= 0.6 is 34.5 Å². The van der Waals surface area contributed by atoms with Crippen molar-refractivity contribution in [2.45, 2.75) is 19.4 Å². The fourth-order valence-electron chi connectivity index (χ4n) is 1.73. The summed E-state index contributed by atoms with van der Waals surface area (Å²) in [5, 5.41) is 6.95. The van der Waals surface area contributed by atoms with Gasteiger partial charge in [-0.25, -0.2) is 4.98 Å². The number of hydrogen-bond donors (Lipinski definition) is 1. The molecule has 2 nitrogen and oxygen atoms in total. The number of halogens is 2. The van der Waals surface area contributed by atoms with Crippen LogP contribution in [0, 0.1) is 0 Å². The van der Waals surface area contributed by atoms with Crippen LogP contribution in [0.5, 0.6) is 0 Å². The molecule has 2 aromatic rings. The minimum Gasteiger partial charge on any atom is -0.310 e. The second-order valence-corrected chi connectivity index (χ2v) is 5.63. The van der Waals surface area contributed by atoms with Gasteiger partial charge in [0.15, 0.2) is 0 Å². The van der Waals surface area contributed by atoms with Gasteiger partial charge < -0.3 is 5.32 Å². The molecule has 1 aromatic heterocycles. The Morgan fingerprint density at radius 1 is 1.39 bits per heavy atom. The molecule has 1 heterocycles. The van der Waals surface area contributed by atoms with Crippen molar-refractivity contribution >= 4 is 34.5 Å². The predicted octanol–water partition coefficient (Wildman–Crippen LogP) is 4.34. The molecule has 1 aromatic carbocycles. The van der Waals surface area contributed by atoms with E-state index in [9.17, 15) is 0 Å². The zero-order chi connectivity index (χ0) is 13.0. The van der Waals surface area contributed by atoms with E-state index >= 15 is 0 Å². The highest BCUT2D eigenvalue weighted by molar-refractivity contribution is 7.07. The second kappa shape index (κ2) is 6.53. The third-order valence-electron chi connectivity index (χ3n) is 2.74. The quantitative estimate of drug-likeness (QED) is 0.888. The van der Waals surface area contributed by atoms with E-state index < -0.39 is 0 Å². The lowest BCUT2D eigenvalue weighted by molar-refractivity contribution is 0.574. The Morgan fingerprint density at radius 2 is 2.22 bits per heavy atom. The molecule has 0 amide bonds. The average molecular weight is 301 g/mol. The molecule has 0 bridgehead atoms. The molecule has 0 aliphatic rings. The maximum absolute atomic E-state index is 6.16. The summed E-state index contributed by atoms with van der Waals surface area (Å²) in [5.74, 6) is 0. The molecule has 1 N–H and O–H groups in total. The van der Waals surface area contributed by atoms with Crippen molar-refractivity contribution in [3.63, 3.8) is 0 Å². The van der Waals surface area contributed by atoms with E-state index in [1.54, 1.807) is 17.4 Å². The van der Waals surface area contributed by atoms with Crippen molar-refractivity contribution in [2.24, 2.45) is 0 Å². The van der Waals surface area contributed by atoms with E-state index in [0.29, 0.717) is 5.02 Å². The molecule has 0 saturated heterocycles. The standard InChI is InChI=1S/C13H14Cl2N2S/c1-9(12-6-10(14)2-3-13(12)15)16-5-4-11-7-18-8-17-11/h2-3,6-9,16H,4-5H2,1H3. The van der Waals surface area contributed by atoms with E-state index in [4.69, 9.17) is 23.2 Å². The average Bonchev–Trinajstić information content (AvgIpc) is 2.85. The fourth-order valence-corrected chi connectivity index (χ4v) is 2.79. The number of nitrogens with zero attached hydrogens (tertiary/aromatic N) is 1. The van der Waals surface area contributed by atoms with Crippen LogP contribution in [-0.4, -0.2) is 11.5 Å². The van der Waals surface area contributed by atoms with Gasteiger partial charge in [-0.05, 0) is 30.7 Å². The Morgan fingerprint density at radius 3 is 2.94 bits per heavy atom. The minimum atomic E-state index is 0.176. The lowest BCUT2D eigenvalue weighted by Crippen LogP contribution is -2.21. The van der Waals surface area contributed by atoms with Crippen molar-refractivity contribution in [1.82, 2.24) is 10.3 Å². The summed E-state index contributed by atoms with van der Waals surface area (Å²) in [7, 11) is 0. The van der Waals surface area contributed by atoms with Crippen LogP contribution in [0.25, 0.3) is 0 Å². The van der Waals surface area contributed by atoms with Crippen LogP contribution in [0.1, 0.15) is 24.2 Å². The van der Waals surface area contributed by atoms with Gasteiger partial charge in [0.25, 0.3) is 0 Å². The van der Waals surface area contributed by atoms with E-state index in [-0.39, 0.29) is 6.04 Å². The maximum atomic E-state index is 6.16. The lowest BCUT2D eigenvalue weighted by atomic mass is 10.1. The van der Waals surface area contributed by atoms with E-state index in [2.05, 4.69) is 22.6 Å². The predicted molar refractivity (Wildman–Crippen MR) is 78.7 cm³/mol. The molecule has 18 heavy (non-hydrogen) atoms. The molecule has 1 unspecified atom stereocenters. The van der Waals surface area contributed by atoms with Crippen molar-refractivity contribution in [2.75, 3.05) is 6.54 Å². The van der Waals surface area contributed by atoms with Crippen molar-refractivity contribution in [3.8, 4) is 0 Å². The van der Waals surface area contributed by atoms with Crippen molar-refractivity contribution < 1.29 is 0 Å². The van der Waals surface area contributed by atoms with Gasteiger partial charge in [-0.3, -0.25) is 0 Å². The first-order valence-corrected chi connectivity index (χ1v) is 7.42. The van der Waals surface area contributed by atoms with Crippen LogP contribution in [0.3, 0.4) is 0 Å². The van der Waals surface area contributed by atoms with Crippen LogP contribution in [-0.2, 0) is 6.42 Å². The van der Waals surface area contributed by atoms with E-state index in [1.807, 2.05) is 17.6 Å². The third kappa shape index (κ3) is 3.69. The van der Waals surface area contributed by atoms with Crippen molar-refractivity contribution in [1.29, 1.82) is 0 Å². The molecular formula is C13H14Cl2N2S. The van der Waals surface area contributed by atoms with Gasteiger partial charge in [-0.15, -0.1) is 11.3 Å². The number of hydrogen-bond acceptors (Lipinski definition) is 3. The number of benzene rings is 1. The molecule has 2 rings (SSSR count). The number of nitrogens with one attached hydrogen (secondary N) is 1. The molecule has 0 aliphatic carbocycles. The van der Waals surface area contributed by atoms with E-state index in [1.165, 1.54) is 0 Å². The van der Waals surface area contributed by atoms with Crippen LogP contribution < -0.4 is 5.32 Å². The van der Waals surface area contributed by atoms with Gasteiger partial charge in [0, 0.05) is 34.4 Å². The topological polar surface area (TPSA) is 24.9 Å². The molecule has 0 saturated carbocycles. The van der Waals surface area contributed by atoms with Gasteiger partial charge in [-0.1, -0.05) is 23.2 Å². The SMILES string of the molecule is CC(NCCc1cscn1)c1cc(Cl)ccc1Cl. The fraction of sp³-hybridized carbons (Fsp3) is 0.308. The normalized spacial score (nSPS) is 12.6. The summed E-state index contributed by atoms with van der Waals surface area (Å²) in [4.78, 5) is 4.25. The zero-order valence-corrected chi connectivity index (χ0v) is 12.3. The van der Waals surface area contributed by atoms with Crippen molar-refractivity contribution in [3.05, 3.63) is 50.4 Å².